The number of nitriles is 1. The van der Waals surface area contributed by atoms with Crippen LogP contribution in [0.2, 0.25) is 5.04 Å². The first-order valence-electron chi connectivity index (χ1n) is 18.8. The zero-order valence-corrected chi connectivity index (χ0v) is 37.2. The molecular formula is C43H47BrN6O6SSi. The number of ether oxygens (including phenoxy) is 2. The van der Waals surface area contributed by atoms with Gasteiger partial charge in [0.1, 0.15) is 27.2 Å². The Morgan fingerprint density at radius 1 is 0.966 bits per heavy atom. The highest BCUT2D eigenvalue weighted by atomic mass is 79.9. The standard InChI is InChI=1S/C43H47BrN6O6SSi/c1-28-36-37(52)49(43(6,7)35(51)24-42(4,5)58(54,30-15-11-9-12-16-30)31-17-13-10-14-18-31)40(53)48(39(36)57-38(28)50-46-21-22-47-50)25-34(56-27-41(2,3)26-45)32-23-29(44)19-20-33(32)55-8/h9-23,34,54H,24-25,27H2,1-8H3/t34-/m0/s1. The van der Waals surface area contributed by atoms with Crippen LogP contribution in [0, 0.1) is 23.7 Å². The van der Waals surface area contributed by atoms with E-state index in [2.05, 4.69) is 32.2 Å². The van der Waals surface area contributed by atoms with Crippen LogP contribution in [-0.4, -0.2) is 56.7 Å². The number of ketones is 1. The predicted molar refractivity (Wildman–Crippen MR) is 232 cm³/mol. The van der Waals surface area contributed by atoms with Crippen molar-refractivity contribution in [3.05, 3.63) is 128 Å². The second kappa shape index (κ2) is 16.3. The first-order chi connectivity index (χ1) is 27.4. The summed E-state index contributed by atoms with van der Waals surface area (Å²) in [7, 11) is -2.12. The number of rotatable bonds is 15. The largest absolute Gasteiger partial charge is 0.496 e. The summed E-state index contributed by atoms with van der Waals surface area (Å²) in [4.78, 5) is 59.6. The molecule has 0 saturated heterocycles. The van der Waals surface area contributed by atoms with Crippen LogP contribution in [-0.2, 0) is 21.6 Å². The summed E-state index contributed by atoms with van der Waals surface area (Å²) in [5.74, 6) is 0.0926. The number of aromatic nitrogens is 5. The number of methoxy groups -OCH3 is 1. The summed E-state index contributed by atoms with van der Waals surface area (Å²) in [6, 6.07) is 26.5. The maximum absolute atomic E-state index is 15.2. The van der Waals surface area contributed by atoms with Gasteiger partial charge in [0.15, 0.2) is 5.78 Å². The summed E-state index contributed by atoms with van der Waals surface area (Å²) in [6.07, 6.45) is 2.05. The molecule has 0 unspecified atom stereocenters. The van der Waals surface area contributed by atoms with Gasteiger partial charge in [-0.25, -0.2) is 9.36 Å². The van der Waals surface area contributed by atoms with E-state index >= 15 is 4.79 Å². The van der Waals surface area contributed by atoms with E-state index in [1.165, 1.54) is 40.2 Å². The summed E-state index contributed by atoms with van der Waals surface area (Å²) in [5, 5.41) is 19.7. The Kier molecular flexibility index (Phi) is 12.0. The SMILES string of the molecule is COc1ccc(Br)cc1[C@H](Cn1c(=O)n(C(C)(C)C(=O)CC(C)(C)[Si](O)(c2ccccc2)c2ccccc2)c(=O)c2c(C)c(-n3nccn3)sc21)OCC(C)(C)C#N. The number of nitrogens with zero attached hydrogens (tertiary/aromatic N) is 6. The van der Waals surface area contributed by atoms with Crippen molar-refractivity contribution in [2.45, 2.75) is 78.1 Å². The van der Waals surface area contributed by atoms with Gasteiger partial charge >= 0.3 is 5.69 Å². The van der Waals surface area contributed by atoms with Crippen LogP contribution in [0.5, 0.6) is 5.75 Å². The highest BCUT2D eigenvalue weighted by Gasteiger charge is 2.52. The van der Waals surface area contributed by atoms with Crippen LogP contribution in [0.15, 0.2) is 105 Å². The van der Waals surface area contributed by atoms with E-state index in [1.54, 1.807) is 40.7 Å². The van der Waals surface area contributed by atoms with Gasteiger partial charge in [0.2, 0.25) is 0 Å². The van der Waals surface area contributed by atoms with Crippen LogP contribution in [0.4, 0.5) is 0 Å². The number of Topliss-reactive ketones (excluding diaryl/α,β-unsaturated/α-hetero) is 1. The summed E-state index contributed by atoms with van der Waals surface area (Å²) >= 11 is 4.74. The van der Waals surface area contributed by atoms with Crippen molar-refractivity contribution in [2.24, 2.45) is 5.41 Å². The highest BCUT2D eigenvalue weighted by Crippen LogP contribution is 2.41. The van der Waals surface area contributed by atoms with Crippen molar-refractivity contribution in [1.29, 1.82) is 5.26 Å². The molecular weight excluding hydrogens is 837 g/mol. The average molecular weight is 884 g/mol. The van der Waals surface area contributed by atoms with Crippen molar-refractivity contribution < 1.29 is 19.1 Å². The number of fused-ring (bicyclic) bond motifs is 1. The van der Waals surface area contributed by atoms with Gasteiger partial charge in [0, 0.05) is 22.0 Å². The lowest BCUT2D eigenvalue weighted by Gasteiger charge is -2.42. The fourth-order valence-electron chi connectivity index (χ4n) is 7.38. The Bertz CT molecular complexity index is 2570. The zero-order chi connectivity index (χ0) is 42.2. The van der Waals surface area contributed by atoms with Crippen molar-refractivity contribution >= 4 is 62.0 Å². The van der Waals surface area contributed by atoms with Gasteiger partial charge in [0.05, 0.1) is 49.5 Å². The molecule has 6 aromatic rings. The van der Waals surface area contributed by atoms with E-state index in [9.17, 15) is 19.6 Å². The monoisotopic (exact) mass is 882 g/mol. The maximum Gasteiger partial charge on any atom is 0.333 e. The van der Waals surface area contributed by atoms with Gasteiger partial charge < -0.3 is 14.3 Å². The van der Waals surface area contributed by atoms with E-state index in [4.69, 9.17) is 9.47 Å². The molecule has 0 amide bonds. The first-order valence-corrected chi connectivity index (χ1v) is 22.3. The molecule has 6 rings (SSSR count). The second-order valence-corrected chi connectivity index (χ2v) is 22.1. The topological polar surface area (TPSA) is 154 Å². The Morgan fingerprint density at radius 3 is 2.10 bits per heavy atom. The molecule has 1 N–H and O–H groups in total. The van der Waals surface area contributed by atoms with Crippen LogP contribution >= 0.6 is 27.3 Å². The quantitative estimate of drug-likeness (QED) is 0.115. The molecule has 3 aromatic heterocycles. The summed E-state index contributed by atoms with van der Waals surface area (Å²) in [5.41, 5.74) is -2.79. The predicted octanol–water partition coefficient (Wildman–Crippen LogP) is 6.42. The van der Waals surface area contributed by atoms with Gasteiger partial charge in [0.25, 0.3) is 13.9 Å². The highest BCUT2D eigenvalue weighted by molar-refractivity contribution is 9.10. The summed E-state index contributed by atoms with van der Waals surface area (Å²) < 4.78 is 15.5. The molecule has 0 fully saturated rings. The molecule has 3 aromatic carbocycles. The molecule has 0 spiro atoms. The molecule has 58 heavy (non-hydrogen) atoms. The molecule has 0 aliphatic rings. The average Bonchev–Trinajstić information content (AvgIpc) is 3.86. The number of carbonyl (C=O) groups is 1. The van der Waals surface area contributed by atoms with E-state index in [1.807, 2.05) is 86.6 Å². The fraction of sp³-hybridized carbons (Fsp3) is 0.349. The number of hydrogen-bond acceptors (Lipinski definition) is 10. The number of halogens is 1. The Labute approximate surface area is 350 Å². The van der Waals surface area contributed by atoms with Crippen molar-refractivity contribution in [1.82, 2.24) is 24.1 Å². The Morgan fingerprint density at radius 2 is 1.55 bits per heavy atom. The normalized spacial score (nSPS) is 13.1. The van der Waals surface area contributed by atoms with Gasteiger partial charge in [-0.2, -0.15) is 15.5 Å². The van der Waals surface area contributed by atoms with Crippen molar-refractivity contribution in [3.63, 3.8) is 0 Å². The van der Waals surface area contributed by atoms with Crippen LogP contribution in [0.25, 0.3) is 15.2 Å². The number of benzene rings is 3. The molecule has 0 radical (unpaired) electrons. The van der Waals surface area contributed by atoms with Crippen LogP contribution in [0.3, 0.4) is 0 Å². The number of hydrogen-bond donors (Lipinski definition) is 1. The first kappa shape index (κ1) is 42.6. The van der Waals surface area contributed by atoms with Crippen molar-refractivity contribution in [3.8, 4) is 16.8 Å². The van der Waals surface area contributed by atoms with Gasteiger partial charge in [-0.05, 0) is 68.2 Å². The molecule has 0 saturated carbocycles. The number of thiophene rings is 1. The van der Waals surface area contributed by atoms with Crippen LogP contribution in [0.1, 0.15) is 65.2 Å². The molecule has 0 aliphatic carbocycles. The second-order valence-electron chi connectivity index (χ2n) is 16.2. The summed E-state index contributed by atoms with van der Waals surface area (Å²) in [6.45, 7) is 12.1. The van der Waals surface area contributed by atoms with Crippen molar-refractivity contribution in [2.75, 3.05) is 13.7 Å². The molecule has 302 valence electrons. The Balaban J connectivity index is 1.55. The van der Waals surface area contributed by atoms with Gasteiger partial charge in [-0.3, -0.25) is 14.2 Å². The fourth-order valence-corrected chi connectivity index (χ4v) is 12.6. The molecule has 12 nitrogen and oxygen atoms in total. The number of carbonyl (C=O) groups excluding carboxylic acids is 1. The Hall–Kier alpha value is -4.98. The lowest BCUT2D eigenvalue weighted by atomic mass is 9.91. The molecule has 15 heteroatoms. The maximum atomic E-state index is 15.2. The molecule has 0 bridgehead atoms. The van der Waals surface area contributed by atoms with Crippen LogP contribution < -0.4 is 26.4 Å². The minimum atomic E-state index is -3.65. The van der Waals surface area contributed by atoms with E-state index in [-0.39, 0.29) is 25.0 Å². The smallest absolute Gasteiger partial charge is 0.333 e. The van der Waals surface area contributed by atoms with E-state index in [0.29, 0.717) is 26.7 Å². The lowest BCUT2D eigenvalue weighted by molar-refractivity contribution is -0.127. The minimum absolute atomic E-state index is 0.0159. The van der Waals surface area contributed by atoms with E-state index < -0.39 is 47.4 Å². The molecule has 3 heterocycles. The third-order valence-corrected chi connectivity index (χ3v) is 17.1. The minimum Gasteiger partial charge on any atom is -0.496 e. The van der Waals surface area contributed by atoms with Gasteiger partial charge in [-0.15, -0.1) is 4.80 Å². The molecule has 0 aliphatic heterocycles. The third-order valence-electron chi connectivity index (χ3n) is 10.8. The lowest BCUT2D eigenvalue weighted by Crippen LogP contribution is -2.66. The zero-order valence-electron chi connectivity index (χ0n) is 33.8. The van der Waals surface area contributed by atoms with Gasteiger partial charge in [-0.1, -0.05) is 102 Å². The molecule has 1 atom stereocenters. The van der Waals surface area contributed by atoms with E-state index in [0.717, 1.165) is 19.4 Å². The number of aryl methyl sites for hydroxylation is 1. The third kappa shape index (κ3) is 7.79.